The van der Waals surface area contributed by atoms with Crippen LogP contribution in [0.1, 0.15) is 26.3 Å². The number of H-pyrrole nitrogens is 1. The van der Waals surface area contributed by atoms with Crippen LogP contribution in [0.15, 0.2) is 47.8 Å². The van der Waals surface area contributed by atoms with Crippen molar-refractivity contribution < 1.29 is 24.6 Å². The van der Waals surface area contributed by atoms with Gasteiger partial charge in [-0.1, -0.05) is 12.1 Å². The van der Waals surface area contributed by atoms with Crippen LogP contribution < -0.4 is 5.56 Å². The Balaban J connectivity index is 1.60. The standard InChI is InChI=1S/C20H17N7O6/c1-25(9-14(28)29)18(31)12-4-2-11(3-5-12)7-26-10-21-15-16(26)23-20(24-17(15)30)27-8-13(6-22-27)19(32)33/h2-6,8,10H,7,9H2,1H3,(H,28,29)(H,32,33)(H,23,24,30). The molecule has 3 heterocycles. The van der Waals surface area contributed by atoms with Gasteiger partial charge < -0.3 is 19.7 Å². The second-order valence-electron chi connectivity index (χ2n) is 7.16. The second-order valence-corrected chi connectivity index (χ2v) is 7.16. The van der Waals surface area contributed by atoms with Gasteiger partial charge in [0.2, 0.25) is 5.95 Å². The fourth-order valence-corrected chi connectivity index (χ4v) is 3.16. The molecule has 168 valence electrons. The van der Waals surface area contributed by atoms with Crippen LogP contribution >= 0.6 is 0 Å². The van der Waals surface area contributed by atoms with Gasteiger partial charge in [0.05, 0.1) is 24.6 Å². The highest BCUT2D eigenvalue weighted by molar-refractivity contribution is 5.95. The van der Waals surface area contributed by atoms with Gasteiger partial charge in [-0.25, -0.2) is 14.5 Å². The number of aromatic carboxylic acids is 1. The molecule has 33 heavy (non-hydrogen) atoms. The van der Waals surface area contributed by atoms with Crippen LogP contribution in [0.2, 0.25) is 0 Å². The summed E-state index contributed by atoms with van der Waals surface area (Å²) in [5.41, 5.74) is 0.915. The van der Waals surface area contributed by atoms with Crippen molar-refractivity contribution in [2.24, 2.45) is 0 Å². The normalized spacial score (nSPS) is 10.9. The average Bonchev–Trinajstić information content (AvgIpc) is 3.41. The quantitative estimate of drug-likeness (QED) is 0.354. The number of nitrogens with one attached hydrogen (secondary N) is 1. The van der Waals surface area contributed by atoms with Crippen molar-refractivity contribution in [1.29, 1.82) is 0 Å². The average molecular weight is 451 g/mol. The van der Waals surface area contributed by atoms with Crippen LogP contribution in [0.3, 0.4) is 0 Å². The number of benzene rings is 1. The number of carbonyl (C=O) groups excluding carboxylic acids is 1. The number of likely N-dealkylation sites (N-methyl/N-ethyl adjacent to an activating group) is 1. The third-order valence-electron chi connectivity index (χ3n) is 4.78. The van der Waals surface area contributed by atoms with E-state index in [0.29, 0.717) is 5.56 Å². The Kier molecular flexibility index (Phi) is 5.44. The minimum absolute atomic E-state index is 0.0316. The molecule has 0 bridgehead atoms. The number of hydrogen-bond donors (Lipinski definition) is 3. The van der Waals surface area contributed by atoms with Gasteiger partial charge in [-0.2, -0.15) is 10.1 Å². The molecule has 4 rings (SSSR count). The molecule has 0 saturated heterocycles. The van der Waals surface area contributed by atoms with Crippen LogP contribution in [0, 0.1) is 0 Å². The number of amides is 1. The molecule has 13 heteroatoms. The molecule has 3 N–H and O–H groups in total. The monoisotopic (exact) mass is 451 g/mol. The number of carboxylic acids is 2. The van der Waals surface area contributed by atoms with E-state index in [9.17, 15) is 19.2 Å². The molecule has 0 fully saturated rings. The van der Waals surface area contributed by atoms with E-state index in [0.717, 1.165) is 21.3 Å². The maximum absolute atomic E-state index is 12.4. The van der Waals surface area contributed by atoms with Crippen LogP contribution in [0.25, 0.3) is 17.1 Å². The molecule has 0 spiro atoms. The van der Waals surface area contributed by atoms with E-state index in [2.05, 4.69) is 20.1 Å². The molecule has 1 aromatic carbocycles. The number of aromatic nitrogens is 6. The maximum atomic E-state index is 12.4. The van der Waals surface area contributed by atoms with Crippen molar-refractivity contribution in [3.63, 3.8) is 0 Å². The largest absolute Gasteiger partial charge is 0.480 e. The number of fused-ring (bicyclic) bond motifs is 1. The van der Waals surface area contributed by atoms with Crippen LogP contribution in [0.5, 0.6) is 0 Å². The Morgan fingerprint density at radius 1 is 1.12 bits per heavy atom. The number of aliphatic carboxylic acids is 1. The third-order valence-corrected chi connectivity index (χ3v) is 4.78. The molecular weight excluding hydrogens is 434 g/mol. The molecular formula is C20H17N7O6. The van der Waals surface area contributed by atoms with Gasteiger partial charge in [0, 0.05) is 18.8 Å². The number of rotatable bonds is 7. The second kappa shape index (κ2) is 8.37. The minimum atomic E-state index is -1.16. The molecule has 4 aromatic rings. The van der Waals surface area contributed by atoms with Crippen molar-refractivity contribution in [3.05, 3.63) is 70.0 Å². The van der Waals surface area contributed by atoms with E-state index in [-0.39, 0.29) is 29.2 Å². The Labute approximate surface area is 184 Å². The highest BCUT2D eigenvalue weighted by atomic mass is 16.4. The zero-order valence-corrected chi connectivity index (χ0v) is 17.2. The predicted octanol–water partition coefficient (Wildman–Crippen LogP) is 0.208. The topological polar surface area (TPSA) is 176 Å². The van der Waals surface area contributed by atoms with Crippen molar-refractivity contribution in [1.82, 2.24) is 34.2 Å². The molecule has 3 aromatic heterocycles. The summed E-state index contributed by atoms with van der Waals surface area (Å²) >= 11 is 0. The molecule has 0 radical (unpaired) electrons. The molecule has 0 aliphatic rings. The summed E-state index contributed by atoms with van der Waals surface area (Å²) in [6, 6.07) is 6.57. The summed E-state index contributed by atoms with van der Waals surface area (Å²) in [6.45, 7) is -0.125. The van der Waals surface area contributed by atoms with Gasteiger partial charge >= 0.3 is 11.9 Å². The predicted molar refractivity (Wildman–Crippen MR) is 112 cm³/mol. The summed E-state index contributed by atoms with van der Waals surface area (Å²) in [5, 5.41) is 21.8. The number of carbonyl (C=O) groups is 3. The number of nitrogens with zero attached hydrogens (tertiary/aromatic N) is 6. The highest BCUT2D eigenvalue weighted by Gasteiger charge is 2.16. The van der Waals surface area contributed by atoms with Crippen LogP contribution in [-0.2, 0) is 11.3 Å². The smallest absolute Gasteiger partial charge is 0.338 e. The van der Waals surface area contributed by atoms with Gasteiger partial charge in [-0.15, -0.1) is 0 Å². The lowest BCUT2D eigenvalue weighted by Crippen LogP contribution is -2.31. The first-order chi connectivity index (χ1) is 15.7. The summed E-state index contributed by atoms with van der Waals surface area (Å²) < 4.78 is 2.78. The number of aromatic amines is 1. The first kappa shape index (κ1) is 21.4. The Morgan fingerprint density at radius 3 is 2.48 bits per heavy atom. The van der Waals surface area contributed by atoms with Crippen molar-refractivity contribution in [2.45, 2.75) is 6.54 Å². The summed E-state index contributed by atoms with van der Waals surface area (Å²) in [4.78, 5) is 58.7. The zero-order chi connectivity index (χ0) is 23.7. The van der Waals surface area contributed by atoms with E-state index in [1.165, 1.54) is 19.6 Å². The van der Waals surface area contributed by atoms with Crippen molar-refractivity contribution in [3.8, 4) is 5.95 Å². The molecule has 0 saturated carbocycles. The van der Waals surface area contributed by atoms with Gasteiger partial charge in [0.1, 0.15) is 6.54 Å². The van der Waals surface area contributed by atoms with E-state index < -0.39 is 29.9 Å². The molecule has 0 atom stereocenters. The first-order valence-electron chi connectivity index (χ1n) is 9.52. The lowest BCUT2D eigenvalue weighted by molar-refractivity contribution is -0.137. The molecule has 0 aliphatic heterocycles. The van der Waals surface area contributed by atoms with Crippen molar-refractivity contribution >= 4 is 29.0 Å². The Morgan fingerprint density at radius 2 is 1.85 bits per heavy atom. The van der Waals surface area contributed by atoms with E-state index in [1.807, 2.05) is 0 Å². The van der Waals surface area contributed by atoms with Crippen LogP contribution in [0.4, 0.5) is 0 Å². The SMILES string of the molecule is CN(CC(=O)O)C(=O)c1ccc(Cn2cnc3c(=O)[nH]c(-n4cc(C(=O)O)cn4)nc32)cc1. The molecule has 0 unspecified atom stereocenters. The fourth-order valence-electron chi connectivity index (χ4n) is 3.16. The van der Waals surface area contributed by atoms with Gasteiger partial charge in [0.15, 0.2) is 11.2 Å². The number of imidazole rings is 1. The summed E-state index contributed by atoms with van der Waals surface area (Å²) in [7, 11) is 1.40. The highest BCUT2D eigenvalue weighted by Crippen LogP contribution is 2.13. The minimum Gasteiger partial charge on any atom is -0.480 e. The fraction of sp³-hybridized carbons (Fsp3) is 0.150. The number of carboxylic acid groups (broad SMARTS) is 2. The zero-order valence-electron chi connectivity index (χ0n) is 17.2. The molecule has 1 amide bonds. The first-order valence-corrected chi connectivity index (χ1v) is 9.52. The Hall–Kier alpha value is -4.81. The van der Waals surface area contributed by atoms with E-state index >= 15 is 0 Å². The lowest BCUT2D eigenvalue weighted by Gasteiger charge is -2.14. The summed E-state index contributed by atoms with van der Waals surface area (Å²) in [6.07, 6.45) is 3.81. The lowest BCUT2D eigenvalue weighted by atomic mass is 10.1. The number of hydrogen-bond acceptors (Lipinski definition) is 7. The van der Waals surface area contributed by atoms with Crippen molar-refractivity contribution in [2.75, 3.05) is 13.6 Å². The Bertz CT molecular complexity index is 1430. The summed E-state index contributed by atoms with van der Waals surface area (Å²) in [5.74, 6) is -2.66. The van der Waals surface area contributed by atoms with Gasteiger partial charge in [-0.3, -0.25) is 19.4 Å². The van der Waals surface area contributed by atoms with Gasteiger partial charge in [0.25, 0.3) is 11.5 Å². The molecule has 0 aliphatic carbocycles. The maximum Gasteiger partial charge on any atom is 0.338 e. The van der Waals surface area contributed by atoms with Gasteiger partial charge in [-0.05, 0) is 17.7 Å². The molecule has 13 nitrogen and oxygen atoms in total. The van der Waals surface area contributed by atoms with E-state index in [4.69, 9.17) is 10.2 Å². The van der Waals surface area contributed by atoms with Crippen LogP contribution in [-0.4, -0.2) is 75.9 Å². The van der Waals surface area contributed by atoms with E-state index in [1.54, 1.807) is 28.8 Å². The third kappa shape index (κ3) is 4.32.